The predicted molar refractivity (Wildman–Crippen MR) is 103 cm³/mol. The number of rotatable bonds is 4. The average Bonchev–Trinajstić information content (AvgIpc) is 3.17. The fraction of sp³-hybridized carbons (Fsp3) is 0.800. The second kappa shape index (κ2) is 8.71. The van der Waals surface area contributed by atoms with Crippen LogP contribution in [0.4, 0.5) is 0 Å². The predicted octanol–water partition coefficient (Wildman–Crippen LogP) is 0.798. The Labute approximate surface area is 161 Å². The number of amides is 1. The molecule has 0 bridgehead atoms. The number of hydrogen-bond donors (Lipinski definition) is 2. The van der Waals surface area contributed by atoms with Crippen molar-refractivity contribution in [2.24, 2.45) is 0 Å². The van der Waals surface area contributed by atoms with Crippen molar-refractivity contribution in [3.63, 3.8) is 0 Å². The quantitative estimate of drug-likeness (QED) is 0.814. The Bertz CT molecular complexity index is 612. The molecule has 1 aromatic rings. The van der Waals surface area contributed by atoms with Crippen LogP contribution in [0.15, 0.2) is 12.3 Å². The summed E-state index contributed by atoms with van der Waals surface area (Å²) >= 11 is 0. The molecule has 1 unspecified atom stereocenters. The maximum Gasteiger partial charge on any atom is 0.244 e. The Morgan fingerprint density at radius 3 is 2.63 bits per heavy atom. The lowest BCUT2D eigenvalue weighted by molar-refractivity contribution is -0.133. The van der Waals surface area contributed by atoms with Crippen LogP contribution in [0.3, 0.4) is 0 Å². The summed E-state index contributed by atoms with van der Waals surface area (Å²) in [5, 5.41) is 17.6. The highest BCUT2D eigenvalue weighted by atomic mass is 16.3. The minimum absolute atomic E-state index is 0.120. The molecule has 0 aliphatic carbocycles. The van der Waals surface area contributed by atoms with Gasteiger partial charge in [-0.1, -0.05) is 0 Å². The number of hydrogen-bond acceptors (Lipinski definition) is 5. The van der Waals surface area contributed by atoms with Crippen LogP contribution in [0.2, 0.25) is 0 Å². The van der Waals surface area contributed by atoms with Gasteiger partial charge in [0.2, 0.25) is 5.91 Å². The fourth-order valence-electron chi connectivity index (χ4n) is 4.89. The van der Waals surface area contributed by atoms with Crippen LogP contribution >= 0.6 is 0 Å². The van der Waals surface area contributed by atoms with Crippen molar-refractivity contribution in [1.82, 2.24) is 24.9 Å². The molecule has 0 aromatic carbocycles. The van der Waals surface area contributed by atoms with E-state index in [9.17, 15) is 9.90 Å². The number of nitrogens with zero attached hydrogens (tertiary/aromatic N) is 4. The molecule has 3 fully saturated rings. The van der Waals surface area contributed by atoms with Crippen molar-refractivity contribution < 1.29 is 9.90 Å². The number of aliphatic hydroxyl groups excluding tert-OH is 1. The average molecular weight is 376 g/mol. The number of aromatic nitrogens is 2. The molecule has 0 saturated carbocycles. The Hall–Kier alpha value is -1.44. The summed E-state index contributed by atoms with van der Waals surface area (Å²) < 4.78 is 1.91. The normalized spacial score (nSPS) is 26.4. The SMILES string of the molecule is O=C(Cn1nccc1C1CCCNC1)N1CCC(N2CCC(O)CC2)CC1. The lowest BCUT2D eigenvalue weighted by Crippen LogP contribution is -2.50. The maximum absolute atomic E-state index is 12.8. The van der Waals surface area contributed by atoms with Gasteiger partial charge in [-0.05, 0) is 51.1 Å². The Balaban J connectivity index is 1.28. The van der Waals surface area contributed by atoms with Crippen molar-refractivity contribution in [2.45, 2.75) is 63.1 Å². The number of aliphatic hydroxyl groups is 1. The number of carbonyl (C=O) groups excluding carboxylic acids is 1. The molecule has 3 saturated heterocycles. The molecule has 150 valence electrons. The molecule has 27 heavy (non-hydrogen) atoms. The molecular weight excluding hydrogens is 342 g/mol. The van der Waals surface area contributed by atoms with E-state index in [2.05, 4.69) is 21.4 Å². The van der Waals surface area contributed by atoms with Crippen molar-refractivity contribution in [3.8, 4) is 0 Å². The lowest BCUT2D eigenvalue weighted by atomic mass is 9.96. The van der Waals surface area contributed by atoms with Gasteiger partial charge >= 0.3 is 0 Å². The number of carbonyl (C=O) groups is 1. The zero-order chi connectivity index (χ0) is 18.6. The lowest BCUT2D eigenvalue weighted by Gasteiger charge is -2.41. The third kappa shape index (κ3) is 4.52. The van der Waals surface area contributed by atoms with Gasteiger partial charge in [0.1, 0.15) is 6.54 Å². The van der Waals surface area contributed by atoms with Gasteiger partial charge in [0.25, 0.3) is 0 Å². The summed E-state index contributed by atoms with van der Waals surface area (Å²) in [5.41, 5.74) is 1.19. The van der Waals surface area contributed by atoms with Gasteiger partial charge in [-0.15, -0.1) is 0 Å². The zero-order valence-electron chi connectivity index (χ0n) is 16.2. The molecule has 0 radical (unpaired) electrons. The van der Waals surface area contributed by atoms with Crippen LogP contribution in [0.5, 0.6) is 0 Å². The molecular formula is C20H33N5O2. The monoisotopic (exact) mass is 375 g/mol. The summed E-state index contributed by atoms with van der Waals surface area (Å²) in [7, 11) is 0. The van der Waals surface area contributed by atoms with Crippen molar-refractivity contribution in [3.05, 3.63) is 18.0 Å². The van der Waals surface area contributed by atoms with Gasteiger partial charge in [-0.25, -0.2) is 0 Å². The molecule has 1 aromatic heterocycles. The Morgan fingerprint density at radius 2 is 1.93 bits per heavy atom. The van der Waals surface area contributed by atoms with E-state index in [1.807, 2.05) is 15.8 Å². The molecule has 1 atom stereocenters. The Kier molecular flexibility index (Phi) is 6.10. The summed E-state index contributed by atoms with van der Waals surface area (Å²) in [5.74, 6) is 0.658. The van der Waals surface area contributed by atoms with Gasteiger partial charge in [0.15, 0.2) is 0 Å². The van der Waals surface area contributed by atoms with Gasteiger partial charge < -0.3 is 20.2 Å². The van der Waals surface area contributed by atoms with Gasteiger partial charge in [-0.3, -0.25) is 9.48 Å². The van der Waals surface area contributed by atoms with Crippen LogP contribution in [0.25, 0.3) is 0 Å². The molecule has 7 heteroatoms. The summed E-state index contributed by atoms with van der Waals surface area (Å²) in [6.45, 7) is 6.09. The highest BCUT2D eigenvalue weighted by Crippen LogP contribution is 2.24. The molecule has 3 aliphatic heterocycles. The number of nitrogens with one attached hydrogen (secondary N) is 1. The van der Waals surface area contributed by atoms with Crippen LogP contribution in [-0.2, 0) is 11.3 Å². The van der Waals surface area contributed by atoms with Gasteiger partial charge in [0.05, 0.1) is 6.10 Å². The van der Waals surface area contributed by atoms with Crippen LogP contribution in [0.1, 0.15) is 50.1 Å². The maximum atomic E-state index is 12.8. The van der Waals surface area contributed by atoms with E-state index in [0.717, 1.165) is 65.0 Å². The van der Waals surface area contributed by atoms with Crippen molar-refractivity contribution in [2.75, 3.05) is 39.3 Å². The number of likely N-dealkylation sites (tertiary alicyclic amines) is 2. The second-order valence-electron chi connectivity index (χ2n) is 8.34. The first-order chi connectivity index (χ1) is 13.2. The summed E-state index contributed by atoms with van der Waals surface area (Å²) in [6, 6.07) is 2.64. The first kappa shape index (κ1) is 18.9. The minimum Gasteiger partial charge on any atom is -0.393 e. The topological polar surface area (TPSA) is 73.6 Å². The Morgan fingerprint density at radius 1 is 1.15 bits per heavy atom. The summed E-state index contributed by atoms with van der Waals surface area (Å²) in [4.78, 5) is 17.4. The fourth-order valence-corrected chi connectivity index (χ4v) is 4.89. The molecule has 7 nitrogen and oxygen atoms in total. The number of piperidine rings is 3. The van der Waals surface area contributed by atoms with Crippen LogP contribution < -0.4 is 5.32 Å². The van der Waals surface area contributed by atoms with Gasteiger partial charge in [0, 0.05) is 56.6 Å². The van der Waals surface area contributed by atoms with E-state index in [-0.39, 0.29) is 12.0 Å². The largest absolute Gasteiger partial charge is 0.393 e. The summed E-state index contributed by atoms with van der Waals surface area (Å²) in [6.07, 6.45) is 7.92. The molecule has 4 rings (SSSR count). The van der Waals surface area contributed by atoms with Crippen LogP contribution in [0, 0.1) is 0 Å². The molecule has 1 amide bonds. The smallest absolute Gasteiger partial charge is 0.244 e. The van der Waals surface area contributed by atoms with E-state index in [0.29, 0.717) is 18.5 Å². The molecule has 0 spiro atoms. The highest BCUT2D eigenvalue weighted by Gasteiger charge is 2.29. The molecule has 2 N–H and O–H groups in total. The minimum atomic E-state index is -0.120. The van der Waals surface area contributed by atoms with Crippen molar-refractivity contribution >= 4 is 5.91 Å². The molecule has 4 heterocycles. The second-order valence-corrected chi connectivity index (χ2v) is 8.34. The van der Waals surface area contributed by atoms with E-state index >= 15 is 0 Å². The third-order valence-corrected chi connectivity index (χ3v) is 6.58. The third-order valence-electron chi connectivity index (χ3n) is 6.58. The highest BCUT2D eigenvalue weighted by molar-refractivity contribution is 5.76. The molecule has 3 aliphatic rings. The first-order valence-electron chi connectivity index (χ1n) is 10.6. The van der Waals surface area contributed by atoms with E-state index < -0.39 is 0 Å². The van der Waals surface area contributed by atoms with E-state index in [1.165, 1.54) is 18.5 Å². The van der Waals surface area contributed by atoms with Gasteiger partial charge in [-0.2, -0.15) is 5.10 Å². The zero-order valence-corrected chi connectivity index (χ0v) is 16.2. The van der Waals surface area contributed by atoms with Crippen molar-refractivity contribution in [1.29, 1.82) is 0 Å². The standard InChI is InChI=1S/C20H33N5O2/c26-18-6-12-23(13-7-18)17-4-10-24(11-5-17)20(27)15-25-19(3-9-22-25)16-2-1-8-21-14-16/h3,9,16-18,21,26H,1-2,4-8,10-15H2. The first-order valence-corrected chi connectivity index (χ1v) is 10.6. The van der Waals surface area contributed by atoms with Crippen LogP contribution in [-0.4, -0.2) is 82.0 Å². The van der Waals surface area contributed by atoms with E-state index in [4.69, 9.17) is 0 Å². The van der Waals surface area contributed by atoms with E-state index in [1.54, 1.807) is 0 Å².